The highest BCUT2D eigenvalue weighted by atomic mass is 35.5. The average molecular weight is 201 g/mol. The second kappa shape index (κ2) is 3.46. The lowest BCUT2D eigenvalue weighted by Gasteiger charge is -2.02. The van der Waals surface area contributed by atoms with Crippen molar-refractivity contribution in [3.8, 4) is 0 Å². The molecule has 0 aromatic carbocycles. The van der Waals surface area contributed by atoms with E-state index in [1.807, 2.05) is 11.4 Å². The highest BCUT2D eigenvalue weighted by molar-refractivity contribution is 7.15. The molecule has 2 heterocycles. The van der Waals surface area contributed by atoms with Crippen molar-refractivity contribution >= 4 is 34.5 Å². The van der Waals surface area contributed by atoms with Crippen molar-refractivity contribution < 1.29 is 0 Å². The molecule has 4 heteroatoms. The maximum atomic E-state index is 5.92. The summed E-state index contributed by atoms with van der Waals surface area (Å²) in [6.07, 6.45) is 2.20. The van der Waals surface area contributed by atoms with Gasteiger partial charge in [-0.05, 0) is 17.9 Å². The minimum Gasteiger partial charge on any atom is -0.342 e. The van der Waals surface area contributed by atoms with Gasteiger partial charge in [0.25, 0.3) is 0 Å². The van der Waals surface area contributed by atoms with E-state index in [1.165, 1.54) is 11.3 Å². The highest BCUT2D eigenvalue weighted by Gasteiger charge is 2.08. The van der Waals surface area contributed by atoms with Gasteiger partial charge in [-0.25, -0.2) is 0 Å². The number of anilines is 1. The van der Waals surface area contributed by atoms with Gasteiger partial charge >= 0.3 is 0 Å². The standard InChI is InChI=1S/C8H9ClN2S/c9-8-6(3-5-12-8)11-7-2-1-4-10-7/h3,5H,1-2,4H2,(H,10,11). The molecule has 1 aliphatic rings. The van der Waals surface area contributed by atoms with Gasteiger partial charge in [-0.15, -0.1) is 11.3 Å². The molecule has 2 nitrogen and oxygen atoms in total. The summed E-state index contributed by atoms with van der Waals surface area (Å²) in [6, 6.07) is 1.98. The fraction of sp³-hybridized carbons (Fsp3) is 0.375. The second-order valence-electron chi connectivity index (χ2n) is 2.66. The fourth-order valence-electron chi connectivity index (χ4n) is 1.18. The monoisotopic (exact) mass is 200 g/mol. The Hall–Kier alpha value is -0.540. The molecule has 64 valence electrons. The molecule has 0 fully saturated rings. The van der Waals surface area contributed by atoms with Crippen molar-refractivity contribution in [3.05, 3.63) is 15.8 Å². The van der Waals surface area contributed by atoms with Crippen LogP contribution >= 0.6 is 22.9 Å². The zero-order valence-electron chi connectivity index (χ0n) is 6.51. The Bertz CT molecular complexity index is 306. The molecule has 1 aliphatic heterocycles. The minimum atomic E-state index is 0.810. The third kappa shape index (κ3) is 1.62. The van der Waals surface area contributed by atoms with E-state index in [0.29, 0.717) is 0 Å². The molecule has 0 atom stereocenters. The zero-order valence-corrected chi connectivity index (χ0v) is 8.08. The minimum absolute atomic E-state index is 0.810. The zero-order chi connectivity index (χ0) is 8.39. The number of aliphatic imine (C=N–C) groups is 1. The summed E-state index contributed by atoms with van der Waals surface area (Å²) in [4.78, 5) is 4.30. The van der Waals surface area contributed by atoms with Crippen LogP contribution in [0.2, 0.25) is 4.34 Å². The van der Waals surface area contributed by atoms with Gasteiger partial charge in [0, 0.05) is 13.0 Å². The van der Waals surface area contributed by atoms with E-state index in [1.54, 1.807) is 0 Å². The van der Waals surface area contributed by atoms with Crippen LogP contribution in [0.25, 0.3) is 0 Å². The lowest BCUT2D eigenvalue weighted by Crippen LogP contribution is -2.07. The molecule has 0 aliphatic carbocycles. The van der Waals surface area contributed by atoms with E-state index >= 15 is 0 Å². The quantitative estimate of drug-likeness (QED) is 0.741. The van der Waals surface area contributed by atoms with Gasteiger partial charge in [-0.3, -0.25) is 4.99 Å². The van der Waals surface area contributed by atoms with Crippen LogP contribution in [0.1, 0.15) is 12.8 Å². The molecule has 0 radical (unpaired) electrons. The molecular weight excluding hydrogens is 192 g/mol. The molecule has 0 amide bonds. The molecule has 0 saturated heterocycles. The Labute approximate surface area is 80.3 Å². The smallest absolute Gasteiger partial charge is 0.116 e. The summed E-state index contributed by atoms with van der Waals surface area (Å²) in [7, 11) is 0. The highest BCUT2D eigenvalue weighted by Crippen LogP contribution is 2.28. The molecule has 1 aromatic rings. The Morgan fingerprint density at radius 2 is 2.50 bits per heavy atom. The molecule has 2 rings (SSSR count). The number of nitrogens with one attached hydrogen (secondary N) is 1. The van der Waals surface area contributed by atoms with Crippen LogP contribution in [0, 0.1) is 0 Å². The summed E-state index contributed by atoms with van der Waals surface area (Å²) in [5, 5.41) is 5.19. The molecule has 0 unspecified atom stereocenters. The molecule has 1 N–H and O–H groups in total. The topological polar surface area (TPSA) is 24.4 Å². The van der Waals surface area contributed by atoms with Crippen molar-refractivity contribution in [3.63, 3.8) is 0 Å². The molecule has 0 saturated carbocycles. The Morgan fingerprint density at radius 1 is 1.58 bits per heavy atom. The predicted molar refractivity (Wildman–Crippen MR) is 54.5 cm³/mol. The summed E-state index contributed by atoms with van der Waals surface area (Å²) >= 11 is 7.45. The largest absolute Gasteiger partial charge is 0.342 e. The van der Waals surface area contributed by atoms with E-state index in [0.717, 1.165) is 35.2 Å². The van der Waals surface area contributed by atoms with E-state index in [2.05, 4.69) is 10.3 Å². The first-order valence-corrected chi connectivity index (χ1v) is 5.15. The molecule has 1 aromatic heterocycles. The van der Waals surface area contributed by atoms with Gasteiger partial charge in [0.05, 0.1) is 5.69 Å². The maximum absolute atomic E-state index is 5.92. The van der Waals surface area contributed by atoms with Gasteiger partial charge in [0.15, 0.2) is 0 Å². The first-order valence-electron chi connectivity index (χ1n) is 3.89. The number of nitrogens with zero attached hydrogens (tertiary/aromatic N) is 1. The Kier molecular flexibility index (Phi) is 2.33. The maximum Gasteiger partial charge on any atom is 0.116 e. The lowest BCUT2D eigenvalue weighted by molar-refractivity contribution is 0.951. The summed E-state index contributed by atoms with van der Waals surface area (Å²) in [5.41, 5.74) is 0.988. The van der Waals surface area contributed by atoms with Gasteiger partial charge in [-0.1, -0.05) is 11.6 Å². The Balaban J connectivity index is 2.08. The van der Waals surface area contributed by atoms with E-state index in [9.17, 15) is 0 Å². The van der Waals surface area contributed by atoms with Crippen molar-refractivity contribution in [1.29, 1.82) is 0 Å². The van der Waals surface area contributed by atoms with Gasteiger partial charge in [0.1, 0.15) is 10.2 Å². The summed E-state index contributed by atoms with van der Waals surface area (Å²) in [5.74, 6) is 1.07. The van der Waals surface area contributed by atoms with Crippen LogP contribution in [0.5, 0.6) is 0 Å². The third-order valence-corrected chi connectivity index (χ3v) is 2.94. The van der Waals surface area contributed by atoms with Crippen molar-refractivity contribution in [2.24, 2.45) is 4.99 Å². The van der Waals surface area contributed by atoms with Crippen LogP contribution in [-0.4, -0.2) is 12.4 Å². The van der Waals surface area contributed by atoms with E-state index in [-0.39, 0.29) is 0 Å². The summed E-state index contributed by atoms with van der Waals surface area (Å²) < 4.78 is 0.810. The normalized spacial score (nSPS) is 16.2. The fourth-order valence-corrected chi connectivity index (χ4v) is 2.01. The predicted octanol–water partition coefficient (Wildman–Crippen LogP) is 3.01. The molecule has 0 spiro atoms. The number of halogens is 1. The van der Waals surface area contributed by atoms with Gasteiger partial charge in [-0.2, -0.15) is 0 Å². The molecule has 12 heavy (non-hydrogen) atoms. The van der Waals surface area contributed by atoms with Gasteiger partial charge in [0.2, 0.25) is 0 Å². The summed E-state index contributed by atoms with van der Waals surface area (Å²) in [6.45, 7) is 0.949. The lowest BCUT2D eigenvalue weighted by atomic mass is 10.3. The average Bonchev–Trinajstić information content (AvgIpc) is 2.65. The van der Waals surface area contributed by atoms with Crippen LogP contribution in [0.15, 0.2) is 16.4 Å². The van der Waals surface area contributed by atoms with Crippen LogP contribution in [0.4, 0.5) is 5.69 Å². The first kappa shape index (κ1) is 8.08. The molecular formula is C8H9ClN2S. The van der Waals surface area contributed by atoms with Crippen LogP contribution in [0.3, 0.4) is 0 Å². The van der Waals surface area contributed by atoms with Crippen LogP contribution < -0.4 is 5.32 Å². The van der Waals surface area contributed by atoms with Gasteiger partial charge < -0.3 is 5.32 Å². The number of hydrogen-bond donors (Lipinski definition) is 1. The van der Waals surface area contributed by atoms with Crippen molar-refractivity contribution in [2.45, 2.75) is 12.8 Å². The number of amidine groups is 1. The van der Waals surface area contributed by atoms with E-state index in [4.69, 9.17) is 11.6 Å². The van der Waals surface area contributed by atoms with Crippen molar-refractivity contribution in [1.82, 2.24) is 0 Å². The number of thiophene rings is 1. The number of rotatable bonds is 1. The van der Waals surface area contributed by atoms with Crippen LogP contribution in [-0.2, 0) is 0 Å². The van der Waals surface area contributed by atoms with Crippen molar-refractivity contribution in [2.75, 3.05) is 11.9 Å². The SMILES string of the molecule is Clc1sccc1NC1=NCCC1. The molecule has 0 bridgehead atoms. The first-order chi connectivity index (χ1) is 5.86. The third-order valence-electron chi connectivity index (χ3n) is 1.77. The number of hydrogen-bond acceptors (Lipinski definition) is 3. The second-order valence-corrected chi connectivity index (χ2v) is 4.18. The van der Waals surface area contributed by atoms with E-state index < -0.39 is 0 Å². The Morgan fingerprint density at radius 3 is 3.08 bits per heavy atom.